The molecule has 21 heavy (non-hydrogen) atoms. The van der Waals surface area contributed by atoms with Crippen molar-refractivity contribution >= 4 is 17.3 Å². The zero-order valence-electron chi connectivity index (χ0n) is 11.6. The van der Waals surface area contributed by atoms with Crippen LogP contribution in [0.25, 0.3) is 11.1 Å². The van der Waals surface area contributed by atoms with Crippen molar-refractivity contribution in [3.8, 4) is 28.4 Å². The van der Waals surface area contributed by atoms with E-state index in [1.54, 1.807) is 19.9 Å². The van der Waals surface area contributed by atoms with E-state index in [0.717, 1.165) is 0 Å². The van der Waals surface area contributed by atoms with Gasteiger partial charge in [0.15, 0.2) is 17.5 Å². The summed E-state index contributed by atoms with van der Waals surface area (Å²) in [5, 5.41) is 32.9. The van der Waals surface area contributed by atoms with Gasteiger partial charge in [-0.1, -0.05) is 0 Å². The normalized spacial score (nSPS) is 12.8. The van der Waals surface area contributed by atoms with Crippen LogP contribution in [0.2, 0.25) is 0 Å². The number of aryl methyl sites for hydroxylation is 2. The Morgan fingerprint density at radius 1 is 1.05 bits per heavy atom. The molecule has 0 saturated heterocycles. The average molecular weight is 285 g/mol. The lowest BCUT2D eigenvalue weighted by Gasteiger charge is -2.16. The SMILES string of the molecule is Cc1cc(O)cc2c1N=C(N)Nc1c(C)cc(O)c(O)c1-2. The largest absolute Gasteiger partial charge is 0.508 e. The van der Waals surface area contributed by atoms with Crippen molar-refractivity contribution in [3.05, 3.63) is 29.3 Å². The second kappa shape index (κ2) is 4.31. The second-order valence-electron chi connectivity index (χ2n) is 5.09. The number of anilines is 1. The smallest absolute Gasteiger partial charge is 0.198 e. The lowest BCUT2D eigenvalue weighted by molar-refractivity contribution is 0.405. The summed E-state index contributed by atoms with van der Waals surface area (Å²) >= 11 is 0. The van der Waals surface area contributed by atoms with Crippen molar-refractivity contribution in [2.45, 2.75) is 13.8 Å². The molecule has 2 aromatic carbocycles. The van der Waals surface area contributed by atoms with Gasteiger partial charge in [-0.3, -0.25) is 0 Å². The van der Waals surface area contributed by atoms with E-state index in [-0.39, 0.29) is 23.2 Å². The fourth-order valence-corrected chi connectivity index (χ4v) is 2.59. The molecule has 1 aliphatic heterocycles. The molecular formula is C15H15N3O3. The molecule has 0 spiro atoms. The summed E-state index contributed by atoms with van der Waals surface area (Å²) < 4.78 is 0. The molecule has 0 aliphatic carbocycles. The summed E-state index contributed by atoms with van der Waals surface area (Å²) in [6.07, 6.45) is 0. The van der Waals surface area contributed by atoms with Gasteiger partial charge in [-0.2, -0.15) is 0 Å². The van der Waals surface area contributed by atoms with Gasteiger partial charge in [0.2, 0.25) is 0 Å². The first-order valence-electron chi connectivity index (χ1n) is 6.39. The molecule has 1 heterocycles. The molecule has 0 bridgehead atoms. The van der Waals surface area contributed by atoms with Crippen molar-refractivity contribution in [2.24, 2.45) is 10.7 Å². The van der Waals surface area contributed by atoms with E-state index in [1.807, 2.05) is 0 Å². The predicted molar refractivity (Wildman–Crippen MR) is 81.3 cm³/mol. The molecule has 3 rings (SSSR count). The summed E-state index contributed by atoms with van der Waals surface area (Å²) in [5.41, 5.74) is 9.24. The molecule has 108 valence electrons. The minimum atomic E-state index is -0.278. The fraction of sp³-hybridized carbons (Fsp3) is 0.133. The molecule has 0 fully saturated rings. The quantitative estimate of drug-likeness (QED) is 0.377. The lowest BCUT2D eigenvalue weighted by Crippen LogP contribution is -2.22. The molecule has 2 aromatic rings. The van der Waals surface area contributed by atoms with Crippen LogP contribution in [0, 0.1) is 13.8 Å². The van der Waals surface area contributed by atoms with Gasteiger partial charge in [0.25, 0.3) is 0 Å². The lowest BCUT2D eigenvalue weighted by atomic mass is 9.95. The number of benzene rings is 2. The van der Waals surface area contributed by atoms with Crippen LogP contribution >= 0.6 is 0 Å². The molecule has 0 atom stereocenters. The number of nitrogens with one attached hydrogen (secondary N) is 1. The Bertz CT molecular complexity index is 797. The van der Waals surface area contributed by atoms with Crippen LogP contribution in [0.1, 0.15) is 11.1 Å². The van der Waals surface area contributed by atoms with Gasteiger partial charge in [-0.25, -0.2) is 4.99 Å². The number of rotatable bonds is 0. The Hall–Kier alpha value is -2.89. The first kappa shape index (κ1) is 13.1. The van der Waals surface area contributed by atoms with Crippen LogP contribution < -0.4 is 11.1 Å². The van der Waals surface area contributed by atoms with Gasteiger partial charge < -0.3 is 26.4 Å². The molecular weight excluding hydrogens is 270 g/mol. The van der Waals surface area contributed by atoms with Gasteiger partial charge in [0.1, 0.15) is 5.75 Å². The van der Waals surface area contributed by atoms with Crippen molar-refractivity contribution in [1.29, 1.82) is 0 Å². The van der Waals surface area contributed by atoms with Crippen molar-refractivity contribution in [2.75, 3.05) is 5.32 Å². The Balaban J connectivity index is 2.49. The number of aliphatic imine (C=N–C) groups is 1. The number of aromatic hydroxyl groups is 3. The van der Waals surface area contributed by atoms with E-state index in [1.165, 1.54) is 12.1 Å². The average Bonchev–Trinajstić information content (AvgIpc) is 2.53. The minimum absolute atomic E-state index is 0.0493. The maximum Gasteiger partial charge on any atom is 0.198 e. The Morgan fingerprint density at radius 3 is 2.48 bits per heavy atom. The molecule has 0 radical (unpaired) electrons. The third kappa shape index (κ3) is 1.92. The van der Waals surface area contributed by atoms with Crippen LogP contribution in [-0.2, 0) is 0 Å². The zero-order chi connectivity index (χ0) is 15.3. The number of hydrogen-bond donors (Lipinski definition) is 5. The Kier molecular flexibility index (Phi) is 2.69. The van der Waals surface area contributed by atoms with Crippen molar-refractivity contribution in [3.63, 3.8) is 0 Å². The Labute approximate surface area is 121 Å². The maximum atomic E-state index is 10.2. The van der Waals surface area contributed by atoms with Crippen molar-refractivity contribution in [1.82, 2.24) is 0 Å². The van der Waals surface area contributed by atoms with E-state index >= 15 is 0 Å². The summed E-state index contributed by atoms with van der Waals surface area (Å²) in [5.74, 6) is -0.287. The third-order valence-electron chi connectivity index (χ3n) is 3.52. The van der Waals surface area contributed by atoms with Crippen LogP contribution in [0.15, 0.2) is 23.2 Å². The molecule has 0 saturated carbocycles. The maximum absolute atomic E-state index is 10.2. The standard InChI is InChI=1S/C15H15N3O3/c1-6-3-8(19)5-9-11-13(18-15(16)17-12(6)9)7(2)4-10(20)14(11)21/h3-5,19-21H,1-2H3,(H3,16,17,18). The first-order chi connectivity index (χ1) is 9.88. The summed E-state index contributed by atoms with van der Waals surface area (Å²) in [6.45, 7) is 3.56. The van der Waals surface area contributed by atoms with Crippen LogP contribution in [0.5, 0.6) is 17.2 Å². The first-order valence-corrected chi connectivity index (χ1v) is 6.39. The van der Waals surface area contributed by atoms with Gasteiger partial charge in [-0.15, -0.1) is 0 Å². The van der Waals surface area contributed by atoms with E-state index in [0.29, 0.717) is 33.6 Å². The number of phenolic OH excluding ortho intramolecular Hbond substituents is 3. The molecule has 1 aliphatic rings. The molecule has 0 unspecified atom stereocenters. The summed E-state index contributed by atoms with van der Waals surface area (Å²) in [4.78, 5) is 4.29. The summed E-state index contributed by atoms with van der Waals surface area (Å²) in [6, 6.07) is 4.49. The van der Waals surface area contributed by atoms with E-state index in [4.69, 9.17) is 5.73 Å². The number of nitrogens with zero attached hydrogens (tertiary/aromatic N) is 1. The van der Waals surface area contributed by atoms with Crippen molar-refractivity contribution < 1.29 is 15.3 Å². The van der Waals surface area contributed by atoms with Gasteiger partial charge in [-0.05, 0) is 43.2 Å². The topological polar surface area (TPSA) is 111 Å². The fourth-order valence-electron chi connectivity index (χ4n) is 2.59. The highest BCUT2D eigenvalue weighted by Gasteiger charge is 2.24. The number of hydrogen-bond acceptors (Lipinski definition) is 6. The van der Waals surface area contributed by atoms with E-state index in [9.17, 15) is 15.3 Å². The molecule has 0 amide bonds. The number of fused-ring (bicyclic) bond motifs is 3. The molecule has 6 heteroatoms. The monoisotopic (exact) mass is 285 g/mol. The molecule has 0 aromatic heterocycles. The predicted octanol–water partition coefficient (Wildman–Crippen LogP) is 2.46. The number of nitrogens with two attached hydrogens (primary N) is 1. The highest BCUT2D eigenvalue weighted by atomic mass is 16.3. The third-order valence-corrected chi connectivity index (χ3v) is 3.52. The van der Waals surface area contributed by atoms with E-state index < -0.39 is 0 Å². The van der Waals surface area contributed by atoms with Crippen LogP contribution in [-0.4, -0.2) is 21.3 Å². The highest BCUT2D eigenvalue weighted by Crippen LogP contribution is 2.49. The molecule has 6 nitrogen and oxygen atoms in total. The van der Waals surface area contributed by atoms with Crippen LogP contribution in [0.4, 0.5) is 11.4 Å². The zero-order valence-corrected chi connectivity index (χ0v) is 11.6. The number of phenols is 3. The second-order valence-corrected chi connectivity index (χ2v) is 5.09. The number of guanidine groups is 1. The summed E-state index contributed by atoms with van der Waals surface area (Å²) in [7, 11) is 0. The van der Waals surface area contributed by atoms with Gasteiger partial charge in [0.05, 0.1) is 16.9 Å². The van der Waals surface area contributed by atoms with Gasteiger partial charge in [0, 0.05) is 5.56 Å². The van der Waals surface area contributed by atoms with Crippen LogP contribution in [0.3, 0.4) is 0 Å². The Morgan fingerprint density at radius 2 is 1.76 bits per heavy atom. The van der Waals surface area contributed by atoms with Gasteiger partial charge >= 0.3 is 0 Å². The minimum Gasteiger partial charge on any atom is -0.508 e. The molecule has 6 N–H and O–H groups in total. The highest BCUT2D eigenvalue weighted by molar-refractivity contribution is 6.06. The van der Waals surface area contributed by atoms with E-state index in [2.05, 4.69) is 10.3 Å².